The van der Waals surface area contributed by atoms with Crippen LogP contribution in [0.4, 0.5) is 0 Å². The molecule has 1 amide bonds. The second-order valence-corrected chi connectivity index (χ2v) is 3.97. The smallest absolute Gasteiger partial charge is 0.229 e. The van der Waals surface area contributed by atoms with Gasteiger partial charge in [-0.05, 0) is 17.5 Å². The minimum atomic E-state index is -0.0573. The van der Waals surface area contributed by atoms with Gasteiger partial charge in [-0.15, -0.1) is 0 Å². The highest BCUT2D eigenvalue weighted by Crippen LogP contribution is 2.15. The summed E-state index contributed by atoms with van der Waals surface area (Å²) in [5.74, 6) is -0.0573. The Hall–Kier alpha value is -2.28. The van der Waals surface area contributed by atoms with E-state index in [1.54, 1.807) is 7.05 Å². The second-order valence-electron chi connectivity index (χ2n) is 3.97. The van der Waals surface area contributed by atoms with Gasteiger partial charge in [0.25, 0.3) is 0 Å². The normalized spacial score (nSPS) is 10.1. The third kappa shape index (κ3) is 2.45. The van der Waals surface area contributed by atoms with Crippen LogP contribution in [0.15, 0.2) is 30.3 Å². The van der Waals surface area contributed by atoms with Gasteiger partial charge in [-0.2, -0.15) is 5.26 Å². The number of para-hydroxylation sites is 1. The first-order valence-corrected chi connectivity index (χ1v) is 5.38. The van der Waals surface area contributed by atoms with Gasteiger partial charge in [0.1, 0.15) is 6.54 Å². The van der Waals surface area contributed by atoms with E-state index in [1.165, 1.54) is 4.90 Å². The van der Waals surface area contributed by atoms with Gasteiger partial charge in [0.05, 0.1) is 12.5 Å². The predicted octanol–water partition coefficient (Wildman–Crippen LogP) is 1.69. The molecule has 0 unspecified atom stereocenters. The summed E-state index contributed by atoms with van der Waals surface area (Å²) in [6.07, 6.45) is 0.298. The lowest BCUT2D eigenvalue weighted by Crippen LogP contribution is -2.28. The largest absolute Gasteiger partial charge is 0.358 e. The van der Waals surface area contributed by atoms with Gasteiger partial charge in [-0.3, -0.25) is 4.79 Å². The van der Waals surface area contributed by atoms with Crippen molar-refractivity contribution in [2.24, 2.45) is 0 Å². The van der Waals surface area contributed by atoms with Crippen LogP contribution >= 0.6 is 0 Å². The average molecular weight is 227 g/mol. The molecule has 1 N–H and O–H groups in total. The second kappa shape index (κ2) is 4.71. The molecule has 0 aliphatic rings. The molecule has 2 aromatic rings. The molecule has 1 aromatic carbocycles. The molecule has 17 heavy (non-hydrogen) atoms. The molecule has 1 aromatic heterocycles. The van der Waals surface area contributed by atoms with E-state index in [0.717, 1.165) is 16.6 Å². The first-order chi connectivity index (χ1) is 8.20. The number of amides is 1. The predicted molar refractivity (Wildman–Crippen MR) is 65.3 cm³/mol. The number of hydrogen-bond donors (Lipinski definition) is 1. The lowest BCUT2D eigenvalue weighted by molar-refractivity contribution is -0.128. The van der Waals surface area contributed by atoms with Gasteiger partial charge in [-0.25, -0.2) is 0 Å². The molecule has 86 valence electrons. The van der Waals surface area contributed by atoms with Crippen molar-refractivity contribution < 1.29 is 4.79 Å². The quantitative estimate of drug-likeness (QED) is 0.811. The van der Waals surface area contributed by atoms with E-state index in [9.17, 15) is 4.79 Å². The van der Waals surface area contributed by atoms with Crippen molar-refractivity contribution in [3.8, 4) is 6.07 Å². The number of rotatable bonds is 3. The zero-order valence-electron chi connectivity index (χ0n) is 9.60. The van der Waals surface area contributed by atoms with Crippen molar-refractivity contribution in [3.05, 3.63) is 36.0 Å². The van der Waals surface area contributed by atoms with Crippen molar-refractivity contribution in [3.63, 3.8) is 0 Å². The minimum Gasteiger partial charge on any atom is -0.358 e. The van der Waals surface area contributed by atoms with E-state index in [2.05, 4.69) is 4.98 Å². The molecule has 0 saturated heterocycles. The molecule has 4 nitrogen and oxygen atoms in total. The Kier molecular flexibility index (Phi) is 3.10. The number of carbonyl (C=O) groups is 1. The van der Waals surface area contributed by atoms with Crippen LogP contribution in [0, 0.1) is 11.3 Å². The fourth-order valence-electron chi connectivity index (χ4n) is 1.72. The molecule has 0 aliphatic carbocycles. The molecule has 0 aliphatic heterocycles. The summed E-state index contributed by atoms with van der Waals surface area (Å²) in [4.78, 5) is 16.3. The van der Waals surface area contributed by atoms with Crippen molar-refractivity contribution in [1.82, 2.24) is 9.88 Å². The van der Waals surface area contributed by atoms with Crippen LogP contribution in [0.1, 0.15) is 5.69 Å². The van der Waals surface area contributed by atoms with Crippen LogP contribution in [0.25, 0.3) is 10.9 Å². The highest BCUT2D eigenvalue weighted by atomic mass is 16.2. The summed E-state index contributed by atoms with van der Waals surface area (Å²) in [5, 5.41) is 9.61. The Bertz CT molecular complexity index is 547. The maximum atomic E-state index is 11.7. The van der Waals surface area contributed by atoms with Crippen molar-refractivity contribution >= 4 is 16.8 Å². The molecule has 0 bridgehead atoms. The molecule has 0 spiro atoms. The summed E-state index contributed by atoms with van der Waals surface area (Å²) in [6.45, 7) is 0.124. The maximum Gasteiger partial charge on any atom is 0.229 e. The van der Waals surface area contributed by atoms with Crippen LogP contribution in [0.3, 0.4) is 0 Å². The molecule has 4 heteroatoms. The first-order valence-electron chi connectivity index (χ1n) is 5.38. The molecule has 2 rings (SSSR count). The molecule has 1 heterocycles. The molecule has 0 radical (unpaired) electrons. The Morgan fingerprint density at radius 1 is 1.47 bits per heavy atom. The van der Waals surface area contributed by atoms with Gasteiger partial charge in [0.15, 0.2) is 0 Å². The number of carbonyl (C=O) groups excluding carboxylic acids is 1. The zero-order chi connectivity index (χ0) is 12.3. The van der Waals surface area contributed by atoms with Crippen LogP contribution in [0.2, 0.25) is 0 Å². The average Bonchev–Trinajstić information content (AvgIpc) is 2.71. The summed E-state index contributed by atoms with van der Waals surface area (Å²) in [6, 6.07) is 11.8. The van der Waals surface area contributed by atoms with Crippen molar-refractivity contribution in [2.75, 3.05) is 13.6 Å². The monoisotopic (exact) mass is 227 g/mol. The Balaban J connectivity index is 2.14. The molecular formula is C13H13N3O. The van der Waals surface area contributed by atoms with E-state index < -0.39 is 0 Å². The van der Waals surface area contributed by atoms with Gasteiger partial charge in [0.2, 0.25) is 5.91 Å². The number of nitrogens with zero attached hydrogens (tertiary/aromatic N) is 2. The van der Waals surface area contributed by atoms with Gasteiger partial charge in [-0.1, -0.05) is 18.2 Å². The van der Waals surface area contributed by atoms with Crippen molar-refractivity contribution in [2.45, 2.75) is 6.42 Å². The lowest BCUT2D eigenvalue weighted by atomic mass is 10.2. The number of nitrogens with one attached hydrogen (secondary N) is 1. The zero-order valence-corrected chi connectivity index (χ0v) is 9.60. The van der Waals surface area contributed by atoms with E-state index >= 15 is 0 Å². The third-order valence-corrected chi connectivity index (χ3v) is 2.66. The van der Waals surface area contributed by atoms with E-state index in [-0.39, 0.29) is 12.5 Å². The van der Waals surface area contributed by atoms with Crippen LogP contribution in [-0.2, 0) is 11.2 Å². The SMILES string of the molecule is CN(CC#N)C(=O)Cc1cc2ccccc2[nH]1. The van der Waals surface area contributed by atoms with E-state index in [0.29, 0.717) is 6.42 Å². The standard InChI is InChI=1S/C13H13N3O/c1-16(7-6-14)13(17)9-11-8-10-4-2-3-5-12(10)15-11/h2-5,8,15H,7,9H2,1H3. The number of likely N-dealkylation sites (N-methyl/N-ethyl adjacent to an activating group) is 1. The molecule has 0 atom stereocenters. The number of nitriles is 1. The highest BCUT2D eigenvalue weighted by molar-refractivity contribution is 5.84. The number of H-pyrrole nitrogens is 1. The Labute approximate surface area is 99.5 Å². The number of hydrogen-bond acceptors (Lipinski definition) is 2. The number of aromatic nitrogens is 1. The first kappa shape index (κ1) is 11.2. The fraction of sp³-hybridized carbons (Fsp3) is 0.231. The Morgan fingerprint density at radius 2 is 2.24 bits per heavy atom. The minimum absolute atomic E-state index is 0.0573. The van der Waals surface area contributed by atoms with Crippen LogP contribution < -0.4 is 0 Å². The molecular weight excluding hydrogens is 214 g/mol. The van der Waals surface area contributed by atoms with E-state index in [4.69, 9.17) is 5.26 Å². The summed E-state index contributed by atoms with van der Waals surface area (Å²) in [7, 11) is 1.63. The summed E-state index contributed by atoms with van der Waals surface area (Å²) in [5.41, 5.74) is 1.90. The van der Waals surface area contributed by atoms with E-state index in [1.807, 2.05) is 36.4 Å². The lowest BCUT2D eigenvalue weighted by Gasteiger charge is -2.11. The maximum absolute atomic E-state index is 11.7. The molecule has 0 fully saturated rings. The fourth-order valence-corrected chi connectivity index (χ4v) is 1.72. The number of benzene rings is 1. The van der Waals surface area contributed by atoms with Gasteiger partial charge >= 0.3 is 0 Å². The summed E-state index contributed by atoms with van der Waals surface area (Å²) < 4.78 is 0. The topological polar surface area (TPSA) is 59.9 Å². The van der Waals surface area contributed by atoms with Gasteiger partial charge < -0.3 is 9.88 Å². The highest BCUT2D eigenvalue weighted by Gasteiger charge is 2.10. The van der Waals surface area contributed by atoms with Crippen LogP contribution in [0.5, 0.6) is 0 Å². The number of fused-ring (bicyclic) bond motifs is 1. The summed E-state index contributed by atoms with van der Waals surface area (Å²) >= 11 is 0. The number of aromatic amines is 1. The van der Waals surface area contributed by atoms with Crippen molar-refractivity contribution in [1.29, 1.82) is 5.26 Å². The third-order valence-electron chi connectivity index (χ3n) is 2.66. The van der Waals surface area contributed by atoms with Gasteiger partial charge in [0, 0.05) is 18.3 Å². The Morgan fingerprint density at radius 3 is 2.94 bits per heavy atom. The van der Waals surface area contributed by atoms with Crippen LogP contribution in [-0.4, -0.2) is 29.4 Å². The molecule has 0 saturated carbocycles.